The minimum atomic E-state index is -5.08. The maximum absolute atomic E-state index is 12.1. The van der Waals surface area contributed by atoms with Crippen molar-refractivity contribution in [2.75, 3.05) is 18.5 Å². The maximum atomic E-state index is 12.1. The molecule has 1 amide bonds. The number of alkyl halides is 6. The Morgan fingerprint density at radius 3 is 2.02 bits per heavy atom. The van der Waals surface area contributed by atoms with Crippen LogP contribution in [-0.2, 0) is 14.4 Å². The number of carboxylic acid groups (broad SMARTS) is 2. The highest BCUT2D eigenvalue weighted by molar-refractivity contribution is 5.93. The number of aromatic amines is 1. The van der Waals surface area contributed by atoms with Crippen LogP contribution in [0.25, 0.3) is 22.3 Å². The molecular formula is C30H32F6N6O7. The molecule has 19 heteroatoms. The summed E-state index contributed by atoms with van der Waals surface area (Å²) in [5.41, 5.74) is 2.19. The summed E-state index contributed by atoms with van der Waals surface area (Å²) in [6.07, 6.45) is -8.43. The summed E-state index contributed by atoms with van der Waals surface area (Å²) in [5.74, 6) is -2.60. The Morgan fingerprint density at radius 1 is 0.898 bits per heavy atom. The van der Waals surface area contributed by atoms with Gasteiger partial charge in [-0.3, -0.25) is 9.89 Å². The lowest BCUT2D eigenvalue weighted by Gasteiger charge is -2.20. The number of hydrogen-bond donors (Lipinski definition) is 5. The average molecular weight is 703 g/mol. The number of aliphatic carboxylic acids is 2. The Balaban J connectivity index is 0.000000500. The number of nitrogens with one attached hydrogen (secondary N) is 3. The lowest BCUT2D eigenvalue weighted by Crippen LogP contribution is -2.43. The van der Waals surface area contributed by atoms with Crippen LogP contribution in [0.1, 0.15) is 33.3 Å². The van der Waals surface area contributed by atoms with E-state index in [0.29, 0.717) is 29.8 Å². The van der Waals surface area contributed by atoms with Gasteiger partial charge in [0.25, 0.3) is 5.91 Å². The van der Waals surface area contributed by atoms with Crippen molar-refractivity contribution >= 4 is 40.4 Å². The molecule has 0 radical (unpaired) electrons. The third-order valence-corrected chi connectivity index (χ3v) is 5.50. The SMILES string of the molecule is CCOc1cc2c(Nc3cc[nH]n3)nc(-c3cccc(OCC(=O)NC(C)(C)C)c3)nc2cc1C.O=C(O)C(F)(F)F.O=C(O)C(F)(F)F. The first-order valence-electron chi connectivity index (χ1n) is 14.0. The smallest absolute Gasteiger partial charge is 0.490 e. The van der Waals surface area contributed by atoms with Gasteiger partial charge < -0.3 is 30.3 Å². The molecule has 13 nitrogen and oxygen atoms in total. The number of benzene rings is 2. The quantitative estimate of drug-likeness (QED) is 0.135. The standard InChI is InChI=1S/C26H30N6O3.2C2HF3O2/c1-6-34-21-14-19-20(12-16(21)2)28-24(30-25(19)29-22-10-11-27-32-22)17-8-7-9-18(13-17)35-15-23(33)31-26(3,4)5;2*3-2(4,5)1(6)7/h7-14H,6,15H2,1-5H3,(H,31,33)(H2,27,28,29,30,32);2*(H,6,7). The van der Waals surface area contributed by atoms with Gasteiger partial charge in [0.1, 0.15) is 17.3 Å². The molecule has 2 aromatic heterocycles. The third kappa shape index (κ3) is 13.2. The zero-order chi connectivity index (χ0) is 37.2. The van der Waals surface area contributed by atoms with Gasteiger partial charge in [-0.15, -0.1) is 0 Å². The van der Waals surface area contributed by atoms with Gasteiger partial charge in [0.2, 0.25) is 0 Å². The minimum absolute atomic E-state index is 0.0787. The molecule has 5 N–H and O–H groups in total. The molecule has 0 saturated heterocycles. The number of nitrogens with zero attached hydrogens (tertiary/aromatic N) is 3. The van der Waals surface area contributed by atoms with Crippen molar-refractivity contribution in [2.45, 2.75) is 52.5 Å². The number of ether oxygens (including phenoxy) is 2. The van der Waals surface area contributed by atoms with Gasteiger partial charge in [-0.2, -0.15) is 31.4 Å². The second kappa shape index (κ2) is 16.5. The van der Waals surface area contributed by atoms with Crippen LogP contribution in [0.4, 0.5) is 38.0 Å². The third-order valence-electron chi connectivity index (χ3n) is 5.50. The zero-order valence-corrected chi connectivity index (χ0v) is 26.6. The van der Waals surface area contributed by atoms with Crippen molar-refractivity contribution in [2.24, 2.45) is 0 Å². The Labute approximate surface area is 274 Å². The number of amides is 1. The number of carboxylic acids is 2. The first-order valence-corrected chi connectivity index (χ1v) is 14.0. The molecule has 0 aliphatic heterocycles. The number of carbonyl (C=O) groups excluding carboxylic acids is 1. The molecule has 4 rings (SSSR count). The number of halogens is 6. The average Bonchev–Trinajstić information content (AvgIpc) is 3.49. The van der Waals surface area contributed by atoms with Crippen molar-refractivity contribution in [3.8, 4) is 22.9 Å². The first kappa shape index (κ1) is 39.6. The first-order chi connectivity index (χ1) is 22.6. The second-order valence-electron chi connectivity index (χ2n) is 10.8. The number of H-pyrrole nitrogens is 1. The second-order valence-corrected chi connectivity index (χ2v) is 10.8. The summed E-state index contributed by atoms with van der Waals surface area (Å²) < 4.78 is 75.0. The highest BCUT2D eigenvalue weighted by Gasteiger charge is 2.38. The van der Waals surface area contributed by atoms with Crippen molar-refractivity contribution in [1.82, 2.24) is 25.5 Å². The van der Waals surface area contributed by atoms with Gasteiger partial charge in [-0.05, 0) is 64.4 Å². The van der Waals surface area contributed by atoms with E-state index in [1.165, 1.54) is 0 Å². The summed E-state index contributed by atoms with van der Waals surface area (Å²) in [6, 6.07) is 13.1. The molecule has 0 aliphatic rings. The van der Waals surface area contributed by atoms with Crippen molar-refractivity contribution < 1.29 is 60.4 Å². The number of anilines is 2. The molecule has 266 valence electrons. The van der Waals surface area contributed by atoms with E-state index in [4.69, 9.17) is 39.2 Å². The number of aromatic nitrogens is 4. The van der Waals surface area contributed by atoms with E-state index < -0.39 is 24.3 Å². The lowest BCUT2D eigenvalue weighted by atomic mass is 10.1. The monoisotopic (exact) mass is 702 g/mol. The molecule has 0 spiro atoms. The van der Waals surface area contributed by atoms with Crippen LogP contribution in [0.3, 0.4) is 0 Å². The zero-order valence-electron chi connectivity index (χ0n) is 26.6. The summed E-state index contributed by atoms with van der Waals surface area (Å²) >= 11 is 0. The van der Waals surface area contributed by atoms with E-state index in [1.807, 2.05) is 71.0 Å². The molecule has 2 aromatic carbocycles. The van der Waals surface area contributed by atoms with Crippen LogP contribution in [0, 0.1) is 6.92 Å². The molecule has 0 aliphatic carbocycles. The van der Waals surface area contributed by atoms with Crippen molar-refractivity contribution in [3.63, 3.8) is 0 Å². The van der Waals surface area contributed by atoms with Crippen LogP contribution in [0.15, 0.2) is 48.7 Å². The number of fused-ring (bicyclic) bond motifs is 1. The molecule has 2 heterocycles. The minimum Gasteiger partial charge on any atom is -0.494 e. The fourth-order valence-electron chi connectivity index (χ4n) is 3.58. The Bertz CT molecular complexity index is 1720. The number of rotatable bonds is 8. The number of carbonyl (C=O) groups is 3. The van der Waals surface area contributed by atoms with E-state index in [2.05, 4.69) is 20.8 Å². The van der Waals surface area contributed by atoms with E-state index in [1.54, 1.807) is 12.3 Å². The topological polar surface area (TPSA) is 189 Å². The maximum Gasteiger partial charge on any atom is 0.490 e. The van der Waals surface area contributed by atoms with E-state index in [9.17, 15) is 31.1 Å². The van der Waals surface area contributed by atoms with Gasteiger partial charge in [-0.25, -0.2) is 19.6 Å². The van der Waals surface area contributed by atoms with E-state index in [0.717, 1.165) is 27.8 Å². The highest BCUT2D eigenvalue weighted by Crippen LogP contribution is 2.32. The Hall–Kier alpha value is -5.62. The van der Waals surface area contributed by atoms with Gasteiger partial charge in [-0.1, -0.05) is 12.1 Å². The molecule has 0 fully saturated rings. The van der Waals surface area contributed by atoms with Gasteiger partial charge in [0, 0.05) is 28.8 Å². The summed E-state index contributed by atoms with van der Waals surface area (Å²) in [7, 11) is 0. The predicted octanol–water partition coefficient (Wildman–Crippen LogP) is 6.03. The van der Waals surface area contributed by atoms with Gasteiger partial charge in [0.05, 0.1) is 12.1 Å². The Kier molecular flexibility index (Phi) is 13.3. The number of aryl methyl sites for hydroxylation is 1. The van der Waals surface area contributed by atoms with Crippen LogP contribution in [-0.4, -0.2) is 79.3 Å². The molecule has 49 heavy (non-hydrogen) atoms. The van der Waals surface area contributed by atoms with E-state index in [-0.39, 0.29) is 18.1 Å². The molecule has 0 saturated carbocycles. The van der Waals surface area contributed by atoms with Crippen LogP contribution < -0.4 is 20.1 Å². The predicted molar refractivity (Wildman–Crippen MR) is 164 cm³/mol. The highest BCUT2D eigenvalue weighted by atomic mass is 19.4. The Morgan fingerprint density at radius 2 is 1.51 bits per heavy atom. The van der Waals surface area contributed by atoms with E-state index >= 15 is 0 Å². The molecule has 0 bridgehead atoms. The summed E-state index contributed by atoms with van der Waals surface area (Å²) in [6.45, 7) is 10.2. The molecule has 4 aromatic rings. The van der Waals surface area contributed by atoms with Gasteiger partial charge >= 0.3 is 24.3 Å². The normalized spacial score (nSPS) is 11.3. The van der Waals surface area contributed by atoms with Gasteiger partial charge in [0.15, 0.2) is 18.2 Å². The van der Waals surface area contributed by atoms with Crippen molar-refractivity contribution in [3.05, 3.63) is 54.2 Å². The van der Waals surface area contributed by atoms with Crippen LogP contribution in [0.5, 0.6) is 11.5 Å². The summed E-state index contributed by atoms with van der Waals surface area (Å²) in [5, 5.41) is 28.2. The van der Waals surface area contributed by atoms with Crippen molar-refractivity contribution in [1.29, 1.82) is 0 Å². The molecular weight excluding hydrogens is 670 g/mol. The lowest BCUT2D eigenvalue weighted by molar-refractivity contribution is -0.193. The fourth-order valence-corrected chi connectivity index (χ4v) is 3.58. The molecule has 0 atom stereocenters. The fraction of sp³-hybridized carbons (Fsp3) is 0.333. The van der Waals surface area contributed by atoms with Crippen LogP contribution in [0.2, 0.25) is 0 Å². The molecule has 0 unspecified atom stereocenters. The van der Waals surface area contributed by atoms with Crippen LogP contribution >= 0.6 is 0 Å². The number of hydrogen-bond acceptors (Lipinski definition) is 9. The largest absolute Gasteiger partial charge is 0.494 e. The summed E-state index contributed by atoms with van der Waals surface area (Å²) in [4.78, 5) is 39.5.